The molecule has 0 spiro atoms. The third kappa shape index (κ3) is 10.3. The number of hydrogen-bond acceptors (Lipinski definition) is 7. The summed E-state index contributed by atoms with van der Waals surface area (Å²) in [5.41, 5.74) is 6.34. The van der Waals surface area contributed by atoms with Gasteiger partial charge in [-0.05, 0) is 122 Å². The smallest absolute Gasteiger partial charge is 0.310 e. The molecule has 0 aliphatic carbocycles. The van der Waals surface area contributed by atoms with E-state index in [1.165, 1.54) is 23.9 Å². The first-order valence-corrected chi connectivity index (χ1v) is 24.7. The highest BCUT2D eigenvalue weighted by Gasteiger charge is 2.30. The molecule has 4 aromatic carbocycles. The minimum absolute atomic E-state index is 0.236. The Balaban J connectivity index is 1.18. The molecule has 2 aromatic heterocycles. The number of nitrogens with zero attached hydrogens (tertiary/aromatic N) is 4. The number of amides is 2. The molecule has 0 saturated carbocycles. The molecule has 2 amide bonds. The number of rotatable bonds is 12. The van der Waals surface area contributed by atoms with Crippen LogP contribution in [0.15, 0.2) is 95.0 Å². The van der Waals surface area contributed by atoms with Gasteiger partial charge in [0.15, 0.2) is 0 Å². The maximum atomic E-state index is 13.7. The van der Waals surface area contributed by atoms with E-state index >= 15 is 0 Å². The number of carbonyl (C=O) groups is 4. The van der Waals surface area contributed by atoms with Gasteiger partial charge in [0.2, 0.25) is 11.8 Å². The van der Waals surface area contributed by atoms with E-state index in [0.717, 1.165) is 44.1 Å². The van der Waals surface area contributed by atoms with Gasteiger partial charge in [0.1, 0.15) is 0 Å². The van der Waals surface area contributed by atoms with Crippen LogP contribution in [0.1, 0.15) is 50.7 Å². The Labute approximate surface area is 414 Å². The Morgan fingerprint density at radius 2 is 1.03 bits per heavy atom. The standard InChI is InChI=1S/C52H50Cl4N4O6S/c1-5-65-51(63)35-9-7-21-59(29-35)45(61)17-13-37-39(31-11-15-41-33(25-31)19-23-57(41)3)27-43(49(55)47(37)53)67-44-28-40(32-12-16-42-34(26-32)20-24-58(42)4)38(48(54)50(44)56)14-18-46(62)60-22-8-10-36(30-60)52(64)66-6-2/h11-20,23-28,35-36H,5-10,21-22,29-30H2,1-4H3/b17-13+,18-14+. The van der Waals surface area contributed by atoms with E-state index in [-0.39, 0.29) is 82.0 Å². The number of hydrogen-bond donors (Lipinski definition) is 0. The zero-order chi connectivity index (χ0) is 47.5. The summed E-state index contributed by atoms with van der Waals surface area (Å²) in [6.07, 6.45) is 13.0. The monoisotopic (exact) mass is 998 g/mol. The van der Waals surface area contributed by atoms with Gasteiger partial charge in [0.05, 0.1) is 45.1 Å². The van der Waals surface area contributed by atoms with E-state index in [2.05, 4.69) is 12.1 Å². The second-order valence-corrected chi connectivity index (χ2v) is 19.4. The second-order valence-electron chi connectivity index (χ2n) is 16.8. The van der Waals surface area contributed by atoms with E-state index in [9.17, 15) is 19.2 Å². The lowest BCUT2D eigenvalue weighted by Gasteiger charge is -2.30. The van der Waals surface area contributed by atoms with Crippen LogP contribution in [-0.2, 0) is 42.7 Å². The summed E-state index contributed by atoms with van der Waals surface area (Å²) in [5.74, 6) is -1.85. The molecule has 4 heterocycles. The summed E-state index contributed by atoms with van der Waals surface area (Å²) in [6, 6.07) is 20.2. The first-order valence-electron chi connectivity index (χ1n) is 22.4. The van der Waals surface area contributed by atoms with Gasteiger partial charge < -0.3 is 28.4 Å². The number of halogens is 4. The largest absolute Gasteiger partial charge is 0.466 e. The van der Waals surface area contributed by atoms with Crippen LogP contribution in [0.2, 0.25) is 20.1 Å². The third-order valence-electron chi connectivity index (χ3n) is 12.5. The number of fused-ring (bicyclic) bond motifs is 2. The lowest BCUT2D eigenvalue weighted by atomic mass is 9.97. The summed E-state index contributed by atoms with van der Waals surface area (Å²) >= 11 is 30.2. The molecule has 2 aliphatic heterocycles. The first kappa shape index (κ1) is 48.3. The van der Waals surface area contributed by atoms with E-state index < -0.39 is 0 Å². The number of ether oxygens (including phenoxy) is 2. The van der Waals surface area contributed by atoms with Gasteiger partial charge in [-0.1, -0.05) is 70.3 Å². The van der Waals surface area contributed by atoms with Crippen molar-refractivity contribution in [3.8, 4) is 22.3 Å². The lowest BCUT2D eigenvalue weighted by molar-refractivity contribution is -0.152. The quantitative estimate of drug-likeness (QED) is 0.0888. The zero-order valence-corrected chi connectivity index (χ0v) is 41.5. The van der Waals surface area contributed by atoms with E-state index in [4.69, 9.17) is 55.9 Å². The van der Waals surface area contributed by atoms with E-state index in [1.54, 1.807) is 35.8 Å². The Bertz CT molecular complexity index is 2780. The highest BCUT2D eigenvalue weighted by atomic mass is 35.5. The zero-order valence-electron chi connectivity index (χ0n) is 37.6. The Kier molecular flexibility index (Phi) is 15.1. The van der Waals surface area contributed by atoms with Crippen LogP contribution < -0.4 is 0 Å². The second kappa shape index (κ2) is 21.0. The van der Waals surface area contributed by atoms with Crippen LogP contribution in [0.4, 0.5) is 0 Å². The van der Waals surface area contributed by atoms with Crippen molar-refractivity contribution in [3.63, 3.8) is 0 Å². The van der Waals surface area contributed by atoms with Crippen LogP contribution in [0.25, 0.3) is 56.2 Å². The Morgan fingerprint density at radius 3 is 1.43 bits per heavy atom. The topological polar surface area (TPSA) is 103 Å². The van der Waals surface area contributed by atoms with Gasteiger partial charge in [-0.15, -0.1) is 0 Å². The number of carbonyl (C=O) groups excluding carboxylic acids is 4. The molecule has 2 atom stereocenters. The summed E-state index contributed by atoms with van der Waals surface area (Å²) < 4.78 is 14.6. The molecule has 0 bridgehead atoms. The molecule has 2 unspecified atom stereocenters. The van der Waals surface area contributed by atoms with Crippen molar-refractivity contribution in [1.29, 1.82) is 0 Å². The molecule has 2 fully saturated rings. The number of aromatic nitrogens is 2. The summed E-state index contributed by atoms with van der Waals surface area (Å²) in [6.45, 7) is 5.69. The number of benzene rings is 4. The van der Waals surface area contributed by atoms with Gasteiger partial charge in [-0.3, -0.25) is 19.2 Å². The van der Waals surface area contributed by atoms with Crippen LogP contribution in [0, 0.1) is 11.8 Å². The number of likely N-dealkylation sites (tertiary alicyclic amines) is 2. The van der Waals surface area contributed by atoms with Crippen molar-refractivity contribution >= 4 is 116 Å². The van der Waals surface area contributed by atoms with Crippen molar-refractivity contribution in [1.82, 2.24) is 18.9 Å². The maximum absolute atomic E-state index is 13.7. The predicted octanol–water partition coefficient (Wildman–Crippen LogP) is 12.4. The molecule has 0 radical (unpaired) electrons. The summed E-state index contributed by atoms with van der Waals surface area (Å²) in [4.78, 5) is 57.1. The molecule has 6 aromatic rings. The highest BCUT2D eigenvalue weighted by Crippen LogP contribution is 2.49. The molecule has 348 valence electrons. The first-order chi connectivity index (χ1) is 32.3. The van der Waals surface area contributed by atoms with Gasteiger partial charge in [-0.2, -0.15) is 0 Å². The molecule has 2 saturated heterocycles. The molecular formula is C52H50Cl4N4O6S. The fourth-order valence-corrected chi connectivity index (χ4v) is 11.1. The maximum Gasteiger partial charge on any atom is 0.310 e. The van der Waals surface area contributed by atoms with Crippen LogP contribution in [0.3, 0.4) is 0 Å². The van der Waals surface area contributed by atoms with Crippen LogP contribution in [-0.4, -0.2) is 82.1 Å². The van der Waals surface area contributed by atoms with Crippen molar-refractivity contribution in [2.75, 3.05) is 39.4 Å². The molecule has 2 aliphatic rings. The molecule has 0 N–H and O–H groups in total. The Morgan fingerprint density at radius 1 is 0.612 bits per heavy atom. The van der Waals surface area contributed by atoms with Crippen LogP contribution >= 0.6 is 58.2 Å². The van der Waals surface area contributed by atoms with Gasteiger partial charge >= 0.3 is 11.9 Å². The van der Waals surface area contributed by atoms with Crippen molar-refractivity contribution in [3.05, 3.63) is 116 Å². The molecule has 15 heteroatoms. The van der Waals surface area contributed by atoms with Crippen molar-refractivity contribution in [2.45, 2.75) is 49.3 Å². The molecular weight excluding hydrogens is 950 g/mol. The fourth-order valence-electron chi connectivity index (χ4n) is 8.98. The molecule has 67 heavy (non-hydrogen) atoms. The minimum atomic E-state index is -0.380. The number of piperidine rings is 2. The van der Waals surface area contributed by atoms with Gasteiger partial charge in [-0.25, -0.2) is 0 Å². The average Bonchev–Trinajstić information content (AvgIpc) is 3.91. The normalized spacial score (nSPS) is 16.7. The average molecular weight is 1000 g/mol. The Hall–Kier alpha value is -5.17. The fraction of sp³-hybridized carbons (Fsp3) is 0.308. The molecule has 8 rings (SSSR count). The highest BCUT2D eigenvalue weighted by molar-refractivity contribution is 7.99. The third-order valence-corrected chi connectivity index (χ3v) is 15.6. The number of aryl methyl sites for hydroxylation is 2. The van der Waals surface area contributed by atoms with Gasteiger partial charge in [0, 0.05) is 108 Å². The lowest BCUT2D eigenvalue weighted by Crippen LogP contribution is -2.42. The van der Waals surface area contributed by atoms with Crippen molar-refractivity contribution < 1.29 is 28.7 Å². The minimum Gasteiger partial charge on any atom is -0.466 e. The van der Waals surface area contributed by atoms with Crippen LogP contribution in [0.5, 0.6) is 0 Å². The van der Waals surface area contributed by atoms with Gasteiger partial charge in [0.25, 0.3) is 0 Å². The summed E-state index contributed by atoms with van der Waals surface area (Å²) in [7, 11) is 3.97. The molecule has 10 nitrogen and oxygen atoms in total. The summed E-state index contributed by atoms with van der Waals surface area (Å²) in [5, 5.41) is 3.00. The predicted molar refractivity (Wildman–Crippen MR) is 271 cm³/mol. The van der Waals surface area contributed by atoms with E-state index in [0.29, 0.717) is 59.7 Å². The number of esters is 2. The van der Waals surface area contributed by atoms with Crippen molar-refractivity contribution in [2.24, 2.45) is 25.9 Å². The van der Waals surface area contributed by atoms with E-state index in [1.807, 2.05) is 84.2 Å². The SMILES string of the molecule is CCOC(=O)C1CCCN(C(=O)/C=C/c2c(-c3ccc4c(ccn4C)c3)cc(Sc3cc(-c4ccc5c(ccn5C)c4)c(/C=C/C(=O)N4CCCC(C(=O)OCC)C4)c(Cl)c3Cl)c(Cl)c2Cl)C1.